The fourth-order valence-corrected chi connectivity index (χ4v) is 1.54. The second-order valence-corrected chi connectivity index (χ2v) is 3.90. The molecule has 2 rings (SSSR count). The quantitative estimate of drug-likeness (QED) is 0.893. The Morgan fingerprint density at radius 3 is 2.83 bits per heavy atom. The number of hydrogen-bond donors (Lipinski definition) is 2. The SMILES string of the molecule is O=C(NCc1ccccc1Cl)Nc1cnccn1. The molecule has 1 aromatic carbocycles. The lowest BCUT2D eigenvalue weighted by Crippen LogP contribution is -2.28. The number of nitrogens with one attached hydrogen (secondary N) is 2. The standard InChI is InChI=1S/C12H11ClN4O/c13-10-4-2-1-3-9(10)7-16-12(18)17-11-8-14-5-6-15-11/h1-6,8H,7H2,(H2,15,16,17,18). The highest BCUT2D eigenvalue weighted by Gasteiger charge is 2.04. The highest BCUT2D eigenvalue weighted by atomic mass is 35.5. The summed E-state index contributed by atoms with van der Waals surface area (Å²) in [5.74, 6) is 0.397. The van der Waals surface area contributed by atoms with Crippen LogP contribution in [0.15, 0.2) is 42.9 Å². The molecule has 0 spiro atoms. The summed E-state index contributed by atoms with van der Waals surface area (Å²) < 4.78 is 0. The lowest BCUT2D eigenvalue weighted by Gasteiger charge is -2.07. The normalized spacial score (nSPS) is 9.83. The summed E-state index contributed by atoms with van der Waals surface area (Å²) in [7, 11) is 0. The van der Waals surface area contributed by atoms with E-state index < -0.39 is 0 Å². The summed E-state index contributed by atoms with van der Waals surface area (Å²) in [6.45, 7) is 0.353. The molecule has 6 heteroatoms. The van der Waals surface area contributed by atoms with Crippen LogP contribution in [0, 0.1) is 0 Å². The molecule has 2 amide bonds. The third kappa shape index (κ3) is 3.43. The van der Waals surface area contributed by atoms with Crippen molar-refractivity contribution in [3.8, 4) is 0 Å². The molecule has 0 bridgehead atoms. The van der Waals surface area contributed by atoms with E-state index in [1.54, 1.807) is 6.07 Å². The molecule has 2 N–H and O–H groups in total. The lowest BCUT2D eigenvalue weighted by molar-refractivity contribution is 0.251. The van der Waals surface area contributed by atoms with Crippen LogP contribution in [0.2, 0.25) is 5.02 Å². The van der Waals surface area contributed by atoms with Gasteiger partial charge in [-0.1, -0.05) is 29.8 Å². The van der Waals surface area contributed by atoms with E-state index in [0.717, 1.165) is 5.56 Å². The van der Waals surface area contributed by atoms with Crippen molar-refractivity contribution in [1.82, 2.24) is 15.3 Å². The highest BCUT2D eigenvalue weighted by molar-refractivity contribution is 6.31. The summed E-state index contributed by atoms with van der Waals surface area (Å²) >= 11 is 5.97. The minimum atomic E-state index is -0.351. The Labute approximate surface area is 109 Å². The van der Waals surface area contributed by atoms with E-state index in [1.807, 2.05) is 18.2 Å². The molecule has 0 atom stereocenters. The number of urea groups is 1. The van der Waals surface area contributed by atoms with Crippen LogP contribution in [-0.4, -0.2) is 16.0 Å². The van der Waals surface area contributed by atoms with Gasteiger partial charge >= 0.3 is 6.03 Å². The molecular weight excluding hydrogens is 252 g/mol. The maximum absolute atomic E-state index is 11.6. The van der Waals surface area contributed by atoms with Crippen LogP contribution in [0.25, 0.3) is 0 Å². The first-order valence-corrected chi connectivity index (χ1v) is 5.68. The van der Waals surface area contributed by atoms with Crippen molar-refractivity contribution < 1.29 is 4.79 Å². The van der Waals surface area contributed by atoms with Gasteiger partial charge in [0.2, 0.25) is 0 Å². The third-order valence-corrected chi connectivity index (χ3v) is 2.57. The van der Waals surface area contributed by atoms with Crippen molar-refractivity contribution in [3.05, 3.63) is 53.4 Å². The van der Waals surface area contributed by atoms with Crippen LogP contribution in [0.5, 0.6) is 0 Å². The Kier molecular flexibility index (Phi) is 4.09. The van der Waals surface area contributed by atoms with Crippen LogP contribution in [0.1, 0.15) is 5.56 Å². The molecule has 0 unspecified atom stereocenters. The van der Waals surface area contributed by atoms with Crippen molar-refractivity contribution in [2.24, 2.45) is 0 Å². The first-order chi connectivity index (χ1) is 8.75. The van der Waals surface area contributed by atoms with Crippen LogP contribution >= 0.6 is 11.6 Å². The van der Waals surface area contributed by atoms with Gasteiger partial charge in [-0.25, -0.2) is 9.78 Å². The molecule has 0 radical (unpaired) electrons. The monoisotopic (exact) mass is 262 g/mol. The van der Waals surface area contributed by atoms with Crippen molar-refractivity contribution in [2.75, 3.05) is 5.32 Å². The minimum absolute atomic E-state index is 0.351. The molecule has 1 aromatic heterocycles. The number of amides is 2. The van der Waals surface area contributed by atoms with Crippen LogP contribution in [0.3, 0.4) is 0 Å². The van der Waals surface area contributed by atoms with Crippen LogP contribution < -0.4 is 10.6 Å². The zero-order valence-corrected chi connectivity index (χ0v) is 10.2. The zero-order chi connectivity index (χ0) is 12.8. The van der Waals surface area contributed by atoms with Crippen LogP contribution in [-0.2, 0) is 6.54 Å². The third-order valence-electron chi connectivity index (χ3n) is 2.20. The minimum Gasteiger partial charge on any atom is -0.334 e. The molecule has 0 fully saturated rings. The predicted octanol–water partition coefficient (Wildman–Crippen LogP) is 2.45. The van der Waals surface area contributed by atoms with Gasteiger partial charge in [-0.05, 0) is 11.6 Å². The Morgan fingerprint density at radius 1 is 1.28 bits per heavy atom. The Bertz CT molecular complexity index is 533. The smallest absolute Gasteiger partial charge is 0.320 e. The number of halogens is 1. The van der Waals surface area contributed by atoms with Crippen LogP contribution in [0.4, 0.5) is 10.6 Å². The molecule has 0 aliphatic carbocycles. The Balaban J connectivity index is 1.88. The van der Waals surface area contributed by atoms with Gasteiger partial charge < -0.3 is 5.32 Å². The van der Waals surface area contributed by atoms with E-state index in [1.165, 1.54) is 18.6 Å². The molecule has 0 aliphatic rings. The topological polar surface area (TPSA) is 66.9 Å². The number of carbonyl (C=O) groups is 1. The van der Waals surface area contributed by atoms with Gasteiger partial charge in [0, 0.05) is 24.0 Å². The van der Waals surface area contributed by atoms with Crippen molar-refractivity contribution in [1.29, 1.82) is 0 Å². The molecule has 92 valence electrons. The summed E-state index contributed by atoms with van der Waals surface area (Å²) in [5, 5.41) is 5.87. The first-order valence-electron chi connectivity index (χ1n) is 5.30. The second kappa shape index (κ2) is 5.97. The molecule has 0 saturated carbocycles. The Hall–Kier alpha value is -2.14. The number of aromatic nitrogens is 2. The van der Waals surface area contributed by atoms with Gasteiger partial charge in [0.25, 0.3) is 0 Å². The fraction of sp³-hybridized carbons (Fsp3) is 0.0833. The van der Waals surface area contributed by atoms with Gasteiger partial charge in [-0.2, -0.15) is 0 Å². The average Bonchev–Trinajstić information content (AvgIpc) is 2.39. The maximum atomic E-state index is 11.6. The van der Waals surface area contributed by atoms with Crippen molar-refractivity contribution in [3.63, 3.8) is 0 Å². The molecule has 0 saturated heterocycles. The first kappa shape index (κ1) is 12.3. The van der Waals surface area contributed by atoms with Crippen molar-refractivity contribution >= 4 is 23.4 Å². The molecule has 2 aromatic rings. The molecular formula is C12H11ClN4O. The molecule has 5 nitrogen and oxygen atoms in total. The van der Waals surface area contributed by atoms with E-state index >= 15 is 0 Å². The fourth-order valence-electron chi connectivity index (χ4n) is 1.34. The molecule has 18 heavy (non-hydrogen) atoms. The number of hydrogen-bond acceptors (Lipinski definition) is 3. The summed E-state index contributed by atoms with van der Waals surface area (Å²) in [6, 6.07) is 6.98. The summed E-state index contributed by atoms with van der Waals surface area (Å²) in [5.41, 5.74) is 0.855. The van der Waals surface area contributed by atoms with Gasteiger partial charge in [0.05, 0.1) is 6.20 Å². The van der Waals surface area contributed by atoms with E-state index in [2.05, 4.69) is 20.6 Å². The van der Waals surface area contributed by atoms with E-state index in [-0.39, 0.29) is 6.03 Å². The number of carbonyl (C=O) groups excluding carboxylic acids is 1. The Morgan fingerprint density at radius 2 is 2.11 bits per heavy atom. The van der Waals surface area contributed by atoms with Crippen molar-refractivity contribution in [2.45, 2.75) is 6.54 Å². The number of benzene rings is 1. The zero-order valence-electron chi connectivity index (χ0n) is 9.43. The van der Waals surface area contributed by atoms with Gasteiger partial charge in [0.1, 0.15) is 0 Å². The maximum Gasteiger partial charge on any atom is 0.320 e. The number of nitrogens with zero attached hydrogens (tertiary/aromatic N) is 2. The predicted molar refractivity (Wildman–Crippen MR) is 69.3 cm³/mol. The number of anilines is 1. The average molecular weight is 263 g/mol. The second-order valence-electron chi connectivity index (χ2n) is 3.49. The van der Waals surface area contributed by atoms with Gasteiger partial charge in [0.15, 0.2) is 5.82 Å². The van der Waals surface area contributed by atoms with Gasteiger partial charge in [-0.15, -0.1) is 0 Å². The number of rotatable bonds is 3. The van der Waals surface area contributed by atoms with E-state index in [0.29, 0.717) is 17.4 Å². The highest BCUT2D eigenvalue weighted by Crippen LogP contribution is 2.14. The molecule has 0 aliphatic heterocycles. The summed E-state index contributed by atoms with van der Waals surface area (Å²) in [6.07, 6.45) is 4.51. The molecule has 1 heterocycles. The van der Waals surface area contributed by atoms with E-state index in [9.17, 15) is 4.79 Å². The lowest BCUT2D eigenvalue weighted by atomic mass is 10.2. The van der Waals surface area contributed by atoms with E-state index in [4.69, 9.17) is 11.6 Å². The largest absolute Gasteiger partial charge is 0.334 e. The summed E-state index contributed by atoms with van der Waals surface area (Å²) in [4.78, 5) is 19.3. The van der Waals surface area contributed by atoms with Gasteiger partial charge in [-0.3, -0.25) is 10.3 Å².